The molecule has 0 aliphatic rings. The smallest absolute Gasteiger partial charge is 0.214 e. The average Bonchev–Trinajstić information content (AvgIpc) is 2.47. The Hall–Kier alpha value is -2.35. The van der Waals surface area contributed by atoms with Gasteiger partial charge in [0, 0.05) is 5.57 Å². The minimum atomic E-state index is 0.113. The number of hydrogen-bond donors (Lipinski definition) is 1. The van der Waals surface area contributed by atoms with E-state index in [1.54, 1.807) is 6.92 Å². The summed E-state index contributed by atoms with van der Waals surface area (Å²) < 4.78 is 5.38. The van der Waals surface area contributed by atoms with Crippen LogP contribution in [0.2, 0.25) is 0 Å². The van der Waals surface area contributed by atoms with Crippen LogP contribution in [0.4, 0.5) is 0 Å². The summed E-state index contributed by atoms with van der Waals surface area (Å²) in [6, 6.07) is 18.3. The highest BCUT2D eigenvalue weighted by Crippen LogP contribution is 2.15. The first-order valence-corrected chi connectivity index (χ1v) is 6.70. The maximum absolute atomic E-state index is 7.61. The molecule has 0 aliphatic heterocycles. The van der Waals surface area contributed by atoms with Gasteiger partial charge in [0.05, 0.1) is 0 Å². The van der Waals surface area contributed by atoms with E-state index >= 15 is 0 Å². The fraction of sp³-hybridized carbons (Fsp3) is 0.167. The summed E-state index contributed by atoms with van der Waals surface area (Å²) >= 11 is 0. The molecule has 0 heterocycles. The molecule has 102 valence electrons. The Bertz CT molecular complexity index is 585. The summed E-state index contributed by atoms with van der Waals surface area (Å²) in [7, 11) is 0. The highest BCUT2D eigenvalue weighted by molar-refractivity contribution is 5.91. The van der Waals surface area contributed by atoms with E-state index in [1.807, 2.05) is 30.3 Å². The van der Waals surface area contributed by atoms with Crippen molar-refractivity contribution in [3.63, 3.8) is 0 Å². The first-order chi connectivity index (χ1) is 9.65. The third kappa shape index (κ3) is 4.09. The molecular weight excluding hydrogens is 246 g/mol. The Kier molecular flexibility index (Phi) is 4.72. The molecule has 2 heteroatoms. The summed E-state index contributed by atoms with van der Waals surface area (Å²) in [6.07, 6.45) is 2.03. The van der Waals surface area contributed by atoms with Crippen molar-refractivity contribution < 1.29 is 4.74 Å². The van der Waals surface area contributed by atoms with Gasteiger partial charge in [0.1, 0.15) is 5.75 Å². The van der Waals surface area contributed by atoms with Crippen LogP contribution in [0.1, 0.15) is 18.1 Å². The van der Waals surface area contributed by atoms with Gasteiger partial charge in [0.25, 0.3) is 0 Å². The van der Waals surface area contributed by atoms with E-state index in [2.05, 4.69) is 30.8 Å². The van der Waals surface area contributed by atoms with Gasteiger partial charge in [0.15, 0.2) is 0 Å². The van der Waals surface area contributed by atoms with E-state index in [1.165, 1.54) is 11.1 Å². The Morgan fingerprint density at radius 3 is 2.05 bits per heavy atom. The van der Waals surface area contributed by atoms with Gasteiger partial charge in [-0.15, -0.1) is 0 Å². The average molecular weight is 265 g/mol. The molecule has 0 bridgehead atoms. The minimum Gasteiger partial charge on any atom is -0.439 e. The van der Waals surface area contributed by atoms with Gasteiger partial charge in [-0.1, -0.05) is 49.0 Å². The molecular formula is C18H19NO. The zero-order chi connectivity index (χ0) is 14.4. The maximum Gasteiger partial charge on any atom is 0.214 e. The zero-order valence-corrected chi connectivity index (χ0v) is 11.7. The SMILES string of the molecule is C=C(C)C(=N)Oc1ccc(CCc2ccccc2)cc1. The van der Waals surface area contributed by atoms with Gasteiger partial charge in [0.2, 0.25) is 5.90 Å². The molecule has 0 saturated carbocycles. The second kappa shape index (κ2) is 6.71. The van der Waals surface area contributed by atoms with Crippen LogP contribution >= 0.6 is 0 Å². The predicted molar refractivity (Wildman–Crippen MR) is 83.5 cm³/mol. The first-order valence-electron chi connectivity index (χ1n) is 6.70. The lowest BCUT2D eigenvalue weighted by Crippen LogP contribution is -2.07. The number of hydrogen-bond acceptors (Lipinski definition) is 2. The van der Waals surface area contributed by atoms with Crippen LogP contribution in [0.15, 0.2) is 66.7 Å². The lowest BCUT2D eigenvalue weighted by atomic mass is 10.0. The summed E-state index contributed by atoms with van der Waals surface area (Å²) in [5.41, 5.74) is 3.23. The Balaban J connectivity index is 1.91. The summed E-state index contributed by atoms with van der Waals surface area (Å²) in [5, 5.41) is 7.61. The van der Waals surface area contributed by atoms with Crippen LogP contribution in [0, 0.1) is 5.41 Å². The molecule has 2 nitrogen and oxygen atoms in total. The van der Waals surface area contributed by atoms with Crippen LogP contribution in [-0.4, -0.2) is 5.90 Å². The minimum absolute atomic E-state index is 0.113. The summed E-state index contributed by atoms with van der Waals surface area (Å²) in [4.78, 5) is 0. The number of rotatable bonds is 5. The lowest BCUT2D eigenvalue weighted by Gasteiger charge is -2.07. The molecule has 0 amide bonds. The maximum atomic E-state index is 7.61. The monoisotopic (exact) mass is 265 g/mol. The molecule has 2 aromatic rings. The van der Waals surface area contributed by atoms with E-state index in [4.69, 9.17) is 10.1 Å². The fourth-order valence-corrected chi connectivity index (χ4v) is 1.86. The van der Waals surface area contributed by atoms with Gasteiger partial charge in [-0.2, -0.15) is 0 Å². The number of benzene rings is 2. The van der Waals surface area contributed by atoms with Crippen LogP contribution < -0.4 is 4.74 Å². The normalized spacial score (nSPS) is 10.1. The van der Waals surface area contributed by atoms with E-state index < -0.39 is 0 Å². The van der Waals surface area contributed by atoms with E-state index in [0.29, 0.717) is 11.3 Å². The standard InChI is InChI=1S/C18H19NO/c1-14(2)18(19)20-17-12-10-16(11-13-17)9-8-15-6-4-3-5-7-15/h3-7,10-13,19H,1,8-9H2,2H3. The zero-order valence-electron chi connectivity index (χ0n) is 11.7. The highest BCUT2D eigenvalue weighted by Gasteiger charge is 2.01. The Morgan fingerprint density at radius 1 is 0.950 bits per heavy atom. The molecule has 1 N–H and O–H groups in total. The van der Waals surface area contributed by atoms with Crippen molar-refractivity contribution in [1.82, 2.24) is 0 Å². The number of ether oxygens (including phenoxy) is 1. The topological polar surface area (TPSA) is 33.1 Å². The molecule has 0 radical (unpaired) electrons. The van der Waals surface area contributed by atoms with Crippen LogP contribution in [0.3, 0.4) is 0 Å². The third-order valence-electron chi connectivity index (χ3n) is 3.08. The van der Waals surface area contributed by atoms with E-state index in [-0.39, 0.29) is 5.90 Å². The van der Waals surface area contributed by atoms with Gasteiger partial charge in [-0.05, 0) is 43.0 Å². The van der Waals surface area contributed by atoms with Crippen molar-refractivity contribution in [3.05, 3.63) is 77.9 Å². The number of nitrogens with one attached hydrogen (secondary N) is 1. The molecule has 2 rings (SSSR count). The van der Waals surface area contributed by atoms with Crippen LogP contribution in [0.5, 0.6) is 5.75 Å². The fourth-order valence-electron chi connectivity index (χ4n) is 1.86. The quantitative estimate of drug-likeness (QED) is 0.630. The van der Waals surface area contributed by atoms with Gasteiger partial charge >= 0.3 is 0 Å². The van der Waals surface area contributed by atoms with Crippen molar-refractivity contribution in [1.29, 1.82) is 5.41 Å². The summed E-state index contributed by atoms with van der Waals surface area (Å²) in [5.74, 6) is 0.795. The molecule has 0 saturated heterocycles. The van der Waals surface area contributed by atoms with Gasteiger partial charge in [-0.3, -0.25) is 5.41 Å². The molecule has 0 spiro atoms. The summed E-state index contributed by atoms with van der Waals surface area (Å²) in [6.45, 7) is 5.44. The van der Waals surface area contributed by atoms with Crippen LogP contribution in [-0.2, 0) is 12.8 Å². The van der Waals surface area contributed by atoms with Crippen molar-refractivity contribution >= 4 is 5.90 Å². The molecule has 0 unspecified atom stereocenters. The largest absolute Gasteiger partial charge is 0.439 e. The highest BCUT2D eigenvalue weighted by atomic mass is 16.5. The Labute approximate surface area is 120 Å². The van der Waals surface area contributed by atoms with Crippen molar-refractivity contribution in [2.75, 3.05) is 0 Å². The molecule has 0 aromatic heterocycles. The molecule has 2 aromatic carbocycles. The Morgan fingerprint density at radius 2 is 1.50 bits per heavy atom. The second-order valence-corrected chi connectivity index (χ2v) is 4.84. The second-order valence-electron chi connectivity index (χ2n) is 4.84. The van der Waals surface area contributed by atoms with Crippen molar-refractivity contribution in [2.45, 2.75) is 19.8 Å². The lowest BCUT2D eigenvalue weighted by molar-refractivity contribution is 0.546. The predicted octanol–water partition coefficient (Wildman–Crippen LogP) is 4.40. The van der Waals surface area contributed by atoms with Gasteiger partial charge in [-0.25, -0.2) is 0 Å². The number of aryl methyl sites for hydroxylation is 2. The van der Waals surface area contributed by atoms with Gasteiger partial charge < -0.3 is 4.74 Å². The third-order valence-corrected chi connectivity index (χ3v) is 3.08. The van der Waals surface area contributed by atoms with Crippen molar-refractivity contribution in [3.8, 4) is 5.75 Å². The molecule has 0 aliphatic carbocycles. The molecule has 20 heavy (non-hydrogen) atoms. The molecule has 0 fully saturated rings. The molecule has 0 atom stereocenters. The first kappa shape index (κ1) is 14.1. The van der Waals surface area contributed by atoms with E-state index in [9.17, 15) is 0 Å². The van der Waals surface area contributed by atoms with Crippen molar-refractivity contribution in [2.24, 2.45) is 0 Å². The van der Waals surface area contributed by atoms with E-state index in [0.717, 1.165) is 12.8 Å². The van der Waals surface area contributed by atoms with Crippen LogP contribution in [0.25, 0.3) is 0 Å².